The van der Waals surface area contributed by atoms with Gasteiger partial charge in [-0.2, -0.15) is 0 Å². The van der Waals surface area contributed by atoms with E-state index in [2.05, 4.69) is 15.5 Å². The smallest absolute Gasteiger partial charge is 0.274 e. The molecule has 1 aromatic rings. The summed E-state index contributed by atoms with van der Waals surface area (Å²) in [5.74, 6) is 0.927. The second-order valence-corrected chi connectivity index (χ2v) is 4.75. The van der Waals surface area contributed by atoms with Crippen LogP contribution >= 0.6 is 0 Å². The number of aromatic nitrogens is 2. The fraction of sp³-hybridized carbons (Fsp3) is 0.615. The molecule has 6 nitrogen and oxygen atoms in total. The van der Waals surface area contributed by atoms with Gasteiger partial charge in [0.2, 0.25) is 0 Å². The topological polar surface area (TPSA) is 78.4 Å². The molecule has 6 heteroatoms. The van der Waals surface area contributed by atoms with Gasteiger partial charge in [0.25, 0.3) is 5.91 Å². The normalized spacial score (nSPS) is 16.4. The van der Waals surface area contributed by atoms with Crippen molar-refractivity contribution in [2.24, 2.45) is 5.92 Å². The summed E-state index contributed by atoms with van der Waals surface area (Å²) in [5.41, 5.74) is 0.379. The first-order valence-corrected chi connectivity index (χ1v) is 6.72. The van der Waals surface area contributed by atoms with Crippen LogP contribution < -0.4 is 5.32 Å². The molecule has 0 unspecified atom stereocenters. The summed E-state index contributed by atoms with van der Waals surface area (Å²) in [6.45, 7) is 4.32. The number of piperidine rings is 1. The van der Waals surface area contributed by atoms with Crippen LogP contribution in [0.3, 0.4) is 0 Å². The van der Waals surface area contributed by atoms with E-state index in [0.29, 0.717) is 30.5 Å². The molecule has 1 aliphatic heterocycles. The maximum atomic E-state index is 12.2. The minimum atomic E-state index is -0.0769. The molecule has 104 valence electrons. The van der Waals surface area contributed by atoms with Gasteiger partial charge in [0, 0.05) is 26.2 Å². The summed E-state index contributed by atoms with van der Waals surface area (Å²) in [5, 5.41) is 20.0. The van der Waals surface area contributed by atoms with E-state index in [9.17, 15) is 4.79 Å². The van der Waals surface area contributed by atoms with E-state index in [1.54, 1.807) is 17.0 Å². The van der Waals surface area contributed by atoms with Crippen molar-refractivity contribution in [2.45, 2.75) is 19.8 Å². The second kappa shape index (κ2) is 6.47. The molecule has 0 bridgehead atoms. The summed E-state index contributed by atoms with van der Waals surface area (Å²) >= 11 is 0. The predicted octanol–water partition coefficient (Wildman–Crippen LogP) is 0.753. The number of hydrogen-bond acceptors (Lipinski definition) is 5. The number of carbonyl (C=O) groups is 1. The van der Waals surface area contributed by atoms with E-state index in [0.717, 1.165) is 19.4 Å². The first-order valence-electron chi connectivity index (χ1n) is 6.72. The molecule has 19 heavy (non-hydrogen) atoms. The number of hydrogen-bond donors (Lipinski definition) is 2. The van der Waals surface area contributed by atoms with Gasteiger partial charge in [-0.15, -0.1) is 10.2 Å². The Morgan fingerprint density at radius 2 is 2.16 bits per heavy atom. The Morgan fingerprint density at radius 1 is 1.42 bits per heavy atom. The highest BCUT2D eigenvalue weighted by atomic mass is 16.3. The third-order valence-electron chi connectivity index (χ3n) is 3.40. The Bertz CT molecular complexity index is 413. The van der Waals surface area contributed by atoms with Gasteiger partial charge in [-0.25, -0.2) is 0 Å². The highest BCUT2D eigenvalue weighted by molar-refractivity contribution is 5.92. The summed E-state index contributed by atoms with van der Waals surface area (Å²) < 4.78 is 0. The van der Waals surface area contributed by atoms with Crippen molar-refractivity contribution in [3.05, 3.63) is 17.8 Å². The van der Waals surface area contributed by atoms with Gasteiger partial charge >= 0.3 is 0 Å². The number of carbonyl (C=O) groups excluding carboxylic acids is 1. The lowest BCUT2D eigenvalue weighted by Gasteiger charge is -2.30. The molecule has 2 N–H and O–H groups in total. The zero-order valence-corrected chi connectivity index (χ0v) is 11.2. The minimum absolute atomic E-state index is 0.0769. The van der Waals surface area contributed by atoms with Gasteiger partial charge in [0.1, 0.15) is 5.82 Å². The average Bonchev–Trinajstić information content (AvgIpc) is 2.48. The lowest BCUT2D eigenvalue weighted by Crippen LogP contribution is -2.39. The van der Waals surface area contributed by atoms with E-state index in [1.807, 2.05) is 6.92 Å². The van der Waals surface area contributed by atoms with E-state index in [4.69, 9.17) is 5.11 Å². The van der Waals surface area contributed by atoms with Crippen LogP contribution in [0.1, 0.15) is 30.3 Å². The molecule has 2 heterocycles. The van der Waals surface area contributed by atoms with Crippen LogP contribution in [0.25, 0.3) is 0 Å². The first kappa shape index (κ1) is 13.7. The summed E-state index contributed by atoms with van der Waals surface area (Å²) in [6, 6.07) is 3.47. The third kappa shape index (κ3) is 3.41. The average molecular weight is 264 g/mol. The minimum Gasteiger partial charge on any atom is -0.396 e. The van der Waals surface area contributed by atoms with Crippen LogP contribution in [-0.2, 0) is 0 Å². The molecule has 0 atom stereocenters. The molecule has 0 aromatic carbocycles. The van der Waals surface area contributed by atoms with Crippen molar-refractivity contribution < 1.29 is 9.90 Å². The third-order valence-corrected chi connectivity index (χ3v) is 3.40. The van der Waals surface area contributed by atoms with Crippen LogP contribution in [0.15, 0.2) is 12.1 Å². The van der Waals surface area contributed by atoms with Crippen molar-refractivity contribution >= 4 is 11.7 Å². The van der Waals surface area contributed by atoms with E-state index < -0.39 is 0 Å². The quantitative estimate of drug-likeness (QED) is 0.839. The Balaban J connectivity index is 1.96. The van der Waals surface area contributed by atoms with Gasteiger partial charge < -0.3 is 15.3 Å². The fourth-order valence-corrected chi connectivity index (χ4v) is 2.20. The predicted molar refractivity (Wildman–Crippen MR) is 71.9 cm³/mol. The molecule has 1 fully saturated rings. The maximum Gasteiger partial charge on any atom is 0.274 e. The highest BCUT2D eigenvalue weighted by Crippen LogP contribution is 2.18. The lowest BCUT2D eigenvalue weighted by atomic mass is 9.98. The molecule has 1 aromatic heterocycles. The van der Waals surface area contributed by atoms with Gasteiger partial charge in [0.05, 0.1) is 0 Å². The van der Waals surface area contributed by atoms with Crippen molar-refractivity contribution in [3.8, 4) is 0 Å². The fourth-order valence-electron chi connectivity index (χ4n) is 2.20. The SMILES string of the molecule is CCNc1ccc(C(=O)N2CCC(CO)CC2)nn1. The molecule has 1 amide bonds. The van der Waals surface area contributed by atoms with Crippen molar-refractivity contribution in [3.63, 3.8) is 0 Å². The highest BCUT2D eigenvalue weighted by Gasteiger charge is 2.24. The zero-order valence-electron chi connectivity index (χ0n) is 11.2. The Labute approximate surface area is 112 Å². The van der Waals surface area contributed by atoms with Crippen LogP contribution in [0.4, 0.5) is 5.82 Å². The molecule has 0 radical (unpaired) electrons. The van der Waals surface area contributed by atoms with Gasteiger partial charge in [-0.05, 0) is 37.8 Å². The molecule has 0 aliphatic carbocycles. The van der Waals surface area contributed by atoms with Crippen LogP contribution in [0.2, 0.25) is 0 Å². The number of nitrogens with one attached hydrogen (secondary N) is 1. The Morgan fingerprint density at radius 3 is 2.68 bits per heavy atom. The Hall–Kier alpha value is -1.69. The van der Waals surface area contributed by atoms with Crippen molar-refractivity contribution in [1.82, 2.24) is 15.1 Å². The van der Waals surface area contributed by atoms with Gasteiger partial charge in [0.15, 0.2) is 5.69 Å². The standard InChI is InChI=1S/C13H20N4O2/c1-2-14-12-4-3-11(15-16-12)13(19)17-7-5-10(9-18)6-8-17/h3-4,10,18H,2,5-9H2,1H3,(H,14,16). The number of amides is 1. The second-order valence-electron chi connectivity index (χ2n) is 4.75. The summed E-state index contributed by atoms with van der Waals surface area (Å²) in [4.78, 5) is 14.0. The molecule has 1 saturated heterocycles. The van der Waals surface area contributed by atoms with Gasteiger partial charge in [-0.1, -0.05) is 0 Å². The maximum absolute atomic E-state index is 12.2. The number of aliphatic hydroxyl groups excluding tert-OH is 1. The van der Waals surface area contributed by atoms with Gasteiger partial charge in [-0.3, -0.25) is 4.79 Å². The summed E-state index contributed by atoms with van der Waals surface area (Å²) in [6.07, 6.45) is 1.70. The van der Waals surface area contributed by atoms with E-state index >= 15 is 0 Å². The molecular weight excluding hydrogens is 244 g/mol. The lowest BCUT2D eigenvalue weighted by molar-refractivity contribution is 0.0644. The van der Waals surface area contributed by atoms with E-state index in [1.165, 1.54) is 0 Å². The van der Waals surface area contributed by atoms with Crippen LogP contribution in [0, 0.1) is 5.92 Å². The molecule has 1 aliphatic rings. The number of anilines is 1. The van der Waals surface area contributed by atoms with E-state index in [-0.39, 0.29) is 12.5 Å². The summed E-state index contributed by atoms with van der Waals surface area (Å²) in [7, 11) is 0. The van der Waals surface area contributed by atoms with Crippen LogP contribution in [-0.4, -0.2) is 52.4 Å². The number of likely N-dealkylation sites (tertiary alicyclic amines) is 1. The number of rotatable bonds is 4. The van der Waals surface area contributed by atoms with Crippen molar-refractivity contribution in [2.75, 3.05) is 31.6 Å². The zero-order chi connectivity index (χ0) is 13.7. The molecular formula is C13H20N4O2. The monoisotopic (exact) mass is 264 g/mol. The molecule has 0 saturated carbocycles. The first-order chi connectivity index (χ1) is 9.24. The number of nitrogens with zero attached hydrogens (tertiary/aromatic N) is 3. The molecule has 2 rings (SSSR count). The van der Waals surface area contributed by atoms with Crippen molar-refractivity contribution in [1.29, 1.82) is 0 Å². The Kier molecular flexibility index (Phi) is 4.68. The van der Waals surface area contributed by atoms with Crippen LogP contribution in [0.5, 0.6) is 0 Å². The molecule has 0 spiro atoms. The largest absolute Gasteiger partial charge is 0.396 e. The number of aliphatic hydroxyl groups is 1.